The van der Waals surface area contributed by atoms with Crippen LogP contribution in [0.4, 0.5) is 0 Å². The fraction of sp³-hybridized carbons (Fsp3) is 0.130. The molecule has 0 aliphatic carbocycles. The van der Waals surface area contributed by atoms with Crippen LogP contribution < -0.4 is 14.9 Å². The van der Waals surface area contributed by atoms with Gasteiger partial charge >= 0.3 is 0 Å². The molecule has 0 saturated heterocycles. The van der Waals surface area contributed by atoms with E-state index in [4.69, 9.17) is 32.7 Å². The number of nitrogens with one attached hydrogen (secondary N) is 1. The number of carbonyl (C=O) groups is 1. The van der Waals surface area contributed by atoms with Gasteiger partial charge in [0.2, 0.25) is 0 Å². The van der Waals surface area contributed by atoms with Crippen molar-refractivity contribution < 1.29 is 14.3 Å². The zero-order chi connectivity index (χ0) is 22.4. The second-order valence-electron chi connectivity index (χ2n) is 6.60. The Bertz CT molecular complexity index is 1120. The molecule has 0 saturated carbocycles. The summed E-state index contributed by atoms with van der Waals surface area (Å²) in [5, 5.41) is 5.23. The van der Waals surface area contributed by atoms with Crippen molar-refractivity contribution in [2.45, 2.75) is 13.5 Å². The van der Waals surface area contributed by atoms with Gasteiger partial charge in [0.1, 0.15) is 6.61 Å². The van der Waals surface area contributed by atoms with E-state index in [0.29, 0.717) is 39.3 Å². The van der Waals surface area contributed by atoms with Crippen LogP contribution >= 0.6 is 39.1 Å². The molecular formula is C23H19BrCl2N2O3. The number of hydrazone groups is 1. The Hall–Kier alpha value is -2.54. The lowest BCUT2D eigenvalue weighted by Crippen LogP contribution is -2.17. The van der Waals surface area contributed by atoms with Crippen LogP contribution in [0.25, 0.3) is 0 Å². The second-order valence-corrected chi connectivity index (χ2v) is 8.30. The average Bonchev–Trinajstić information content (AvgIpc) is 2.76. The van der Waals surface area contributed by atoms with Gasteiger partial charge in [0.05, 0.1) is 13.3 Å². The van der Waals surface area contributed by atoms with Crippen molar-refractivity contribution in [3.8, 4) is 11.5 Å². The number of rotatable bonds is 7. The number of benzene rings is 3. The van der Waals surface area contributed by atoms with E-state index in [1.165, 1.54) is 6.21 Å². The van der Waals surface area contributed by atoms with E-state index >= 15 is 0 Å². The van der Waals surface area contributed by atoms with Crippen LogP contribution in [0.15, 0.2) is 64.2 Å². The SMILES string of the molecule is COc1cc(/C=N\NC(=O)c2ccc(C)c(Cl)c2)c(Br)cc1OCc1ccc(Cl)cc1. The summed E-state index contributed by atoms with van der Waals surface area (Å²) < 4.78 is 12.1. The molecule has 8 heteroatoms. The van der Waals surface area contributed by atoms with Gasteiger partial charge in [-0.3, -0.25) is 4.79 Å². The molecule has 0 aromatic heterocycles. The Morgan fingerprint density at radius 2 is 1.84 bits per heavy atom. The molecule has 160 valence electrons. The Labute approximate surface area is 199 Å². The molecule has 0 aliphatic heterocycles. The van der Waals surface area contributed by atoms with Gasteiger partial charge in [-0.1, -0.05) is 41.4 Å². The lowest BCUT2D eigenvalue weighted by Gasteiger charge is -2.13. The monoisotopic (exact) mass is 520 g/mol. The van der Waals surface area contributed by atoms with E-state index in [1.54, 1.807) is 37.4 Å². The molecule has 0 heterocycles. The summed E-state index contributed by atoms with van der Waals surface area (Å²) in [6.07, 6.45) is 1.52. The first-order chi connectivity index (χ1) is 14.9. The molecule has 0 atom stereocenters. The van der Waals surface area contributed by atoms with Crippen molar-refractivity contribution in [2.75, 3.05) is 7.11 Å². The first-order valence-corrected chi connectivity index (χ1v) is 10.8. The number of nitrogens with zero attached hydrogens (tertiary/aromatic N) is 1. The van der Waals surface area contributed by atoms with Crippen LogP contribution in [0.3, 0.4) is 0 Å². The van der Waals surface area contributed by atoms with Gasteiger partial charge in [-0.25, -0.2) is 5.43 Å². The van der Waals surface area contributed by atoms with Crippen LogP contribution in [0.5, 0.6) is 11.5 Å². The normalized spacial score (nSPS) is 10.9. The summed E-state index contributed by atoms with van der Waals surface area (Å²) in [6, 6.07) is 16.1. The van der Waals surface area contributed by atoms with Crippen LogP contribution in [-0.2, 0) is 6.61 Å². The summed E-state index contributed by atoms with van der Waals surface area (Å²) in [7, 11) is 1.56. The largest absolute Gasteiger partial charge is 0.493 e. The molecule has 0 fully saturated rings. The Kier molecular flexibility index (Phi) is 7.96. The molecule has 0 spiro atoms. The molecule has 0 unspecified atom stereocenters. The van der Waals surface area contributed by atoms with E-state index in [-0.39, 0.29) is 5.91 Å². The maximum Gasteiger partial charge on any atom is 0.271 e. The molecule has 0 aliphatic rings. The molecule has 3 aromatic carbocycles. The Morgan fingerprint density at radius 1 is 1.10 bits per heavy atom. The molecule has 1 N–H and O–H groups in total. The van der Waals surface area contributed by atoms with Gasteiger partial charge in [-0.2, -0.15) is 5.10 Å². The zero-order valence-corrected chi connectivity index (χ0v) is 19.9. The minimum atomic E-state index is -0.357. The number of halogens is 3. The highest BCUT2D eigenvalue weighted by Gasteiger charge is 2.11. The van der Waals surface area contributed by atoms with Crippen molar-refractivity contribution in [1.82, 2.24) is 5.43 Å². The molecule has 5 nitrogen and oxygen atoms in total. The van der Waals surface area contributed by atoms with Crippen LogP contribution in [0, 0.1) is 6.92 Å². The number of ether oxygens (including phenoxy) is 2. The van der Waals surface area contributed by atoms with Crippen molar-refractivity contribution in [3.05, 3.63) is 91.4 Å². The molecular weight excluding hydrogens is 503 g/mol. The molecule has 3 rings (SSSR count). The highest BCUT2D eigenvalue weighted by molar-refractivity contribution is 9.10. The van der Waals surface area contributed by atoms with Gasteiger partial charge in [-0.15, -0.1) is 0 Å². The summed E-state index contributed by atoms with van der Waals surface area (Å²) in [5.41, 5.74) is 5.50. The van der Waals surface area contributed by atoms with E-state index in [9.17, 15) is 4.79 Å². The Morgan fingerprint density at radius 3 is 2.52 bits per heavy atom. The minimum Gasteiger partial charge on any atom is -0.493 e. The third kappa shape index (κ3) is 6.23. The van der Waals surface area contributed by atoms with Crippen molar-refractivity contribution in [3.63, 3.8) is 0 Å². The number of aryl methyl sites for hydroxylation is 1. The smallest absolute Gasteiger partial charge is 0.271 e. The lowest BCUT2D eigenvalue weighted by molar-refractivity contribution is 0.0955. The zero-order valence-electron chi connectivity index (χ0n) is 16.8. The third-order valence-electron chi connectivity index (χ3n) is 4.39. The number of methoxy groups -OCH3 is 1. The van der Waals surface area contributed by atoms with E-state index in [1.807, 2.05) is 31.2 Å². The summed E-state index contributed by atoms with van der Waals surface area (Å²) in [4.78, 5) is 12.3. The summed E-state index contributed by atoms with van der Waals surface area (Å²) in [6.45, 7) is 2.23. The van der Waals surface area contributed by atoms with Crippen LogP contribution in [0.1, 0.15) is 27.0 Å². The molecule has 0 radical (unpaired) electrons. The van der Waals surface area contributed by atoms with Crippen LogP contribution in [-0.4, -0.2) is 19.2 Å². The quantitative estimate of drug-likeness (QED) is 0.288. The molecule has 1 amide bonds. The minimum absolute atomic E-state index is 0.357. The predicted octanol–water partition coefficient (Wildman–Crippen LogP) is 6.42. The summed E-state index contributed by atoms with van der Waals surface area (Å²) >= 11 is 15.5. The first-order valence-electron chi connectivity index (χ1n) is 9.21. The number of amides is 1. The summed E-state index contributed by atoms with van der Waals surface area (Å²) in [5.74, 6) is 0.749. The molecule has 3 aromatic rings. The highest BCUT2D eigenvalue weighted by atomic mass is 79.9. The molecule has 31 heavy (non-hydrogen) atoms. The van der Waals surface area contributed by atoms with Crippen molar-refractivity contribution in [2.24, 2.45) is 5.10 Å². The van der Waals surface area contributed by atoms with Crippen molar-refractivity contribution in [1.29, 1.82) is 0 Å². The number of hydrogen-bond acceptors (Lipinski definition) is 4. The van der Waals surface area contributed by atoms with E-state index in [0.717, 1.165) is 15.6 Å². The maximum absolute atomic E-state index is 12.3. The van der Waals surface area contributed by atoms with Gasteiger partial charge in [0.15, 0.2) is 11.5 Å². The van der Waals surface area contributed by atoms with E-state index < -0.39 is 0 Å². The molecule has 0 bridgehead atoms. The fourth-order valence-electron chi connectivity index (χ4n) is 2.62. The topological polar surface area (TPSA) is 59.9 Å². The number of carbonyl (C=O) groups excluding carboxylic acids is 1. The van der Waals surface area contributed by atoms with Gasteiger partial charge in [-0.05, 0) is 70.4 Å². The Balaban J connectivity index is 1.69. The van der Waals surface area contributed by atoms with Crippen molar-refractivity contribution >= 4 is 51.3 Å². The lowest BCUT2D eigenvalue weighted by atomic mass is 10.1. The third-order valence-corrected chi connectivity index (χ3v) is 5.74. The van der Waals surface area contributed by atoms with Gasteiger partial charge in [0.25, 0.3) is 5.91 Å². The second kappa shape index (κ2) is 10.7. The van der Waals surface area contributed by atoms with E-state index in [2.05, 4.69) is 26.5 Å². The van der Waals surface area contributed by atoms with Gasteiger partial charge in [0, 0.05) is 25.6 Å². The van der Waals surface area contributed by atoms with Gasteiger partial charge < -0.3 is 9.47 Å². The highest BCUT2D eigenvalue weighted by Crippen LogP contribution is 2.33. The first kappa shape index (κ1) is 23.1. The van der Waals surface area contributed by atoms with Crippen LogP contribution in [0.2, 0.25) is 10.0 Å². The average molecular weight is 522 g/mol. The maximum atomic E-state index is 12.3. The predicted molar refractivity (Wildman–Crippen MR) is 128 cm³/mol. The standard InChI is InChI=1S/C23H19BrCl2N2O3/c1-14-3-6-16(9-20(14)26)23(29)28-27-12-17-10-21(30-2)22(11-19(17)24)31-13-15-4-7-18(25)8-5-15/h3-12H,13H2,1-2H3,(H,28,29)/b27-12-. The number of hydrogen-bond donors (Lipinski definition) is 1. The fourth-order valence-corrected chi connectivity index (χ4v) is 3.35.